The SMILES string of the molecule is C[C@@H]1C(=O)N(c2ccc(Oc3ccccc3)cc2)CCN1C(=O)c1cccc(F)c1. The van der Waals surface area contributed by atoms with Gasteiger partial charge in [-0.2, -0.15) is 0 Å². The smallest absolute Gasteiger partial charge is 0.254 e. The Labute approximate surface area is 174 Å². The Morgan fingerprint density at radius 2 is 1.63 bits per heavy atom. The van der Waals surface area contributed by atoms with Crippen LogP contribution in [0.5, 0.6) is 11.5 Å². The predicted molar refractivity (Wildman–Crippen MR) is 112 cm³/mol. The highest BCUT2D eigenvalue weighted by atomic mass is 19.1. The number of piperazine rings is 1. The molecule has 0 unspecified atom stereocenters. The first-order valence-corrected chi connectivity index (χ1v) is 9.74. The third-order valence-electron chi connectivity index (χ3n) is 5.12. The summed E-state index contributed by atoms with van der Waals surface area (Å²) < 4.78 is 19.3. The molecule has 3 aromatic carbocycles. The van der Waals surface area contributed by atoms with E-state index in [4.69, 9.17) is 4.74 Å². The summed E-state index contributed by atoms with van der Waals surface area (Å²) in [4.78, 5) is 28.8. The van der Waals surface area contributed by atoms with Gasteiger partial charge in [-0.05, 0) is 61.5 Å². The first-order valence-electron chi connectivity index (χ1n) is 9.74. The molecule has 0 aromatic heterocycles. The number of para-hydroxylation sites is 1. The van der Waals surface area contributed by atoms with Crippen molar-refractivity contribution in [1.29, 1.82) is 0 Å². The van der Waals surface area contributed by atoms with Crippen LogP contribution in [0.4, 0.5) is 10.1 Å². The highest BCUT2D eigenvalue weighted by molar-refractivity contribution is 6.03. The van der Waals surface area contributed by atoms with Crippen LogP contribution in [0.3, 0.4) is 0 Å². The Morgan fingerprint density at radius 3 is 2.33 bits per heavy atom. The van der Waals surface area contributed by atoms with Crippen LogP contribution in [0.1, 0.15) is 17.3 Å². The van der Waals surface area contributed by atoms with Gasteiger partial charge in [0.05, 0.1) is 0 Å². The number of benzene rings is 3. The van der Waals surface area contributed by atoms with E-state index in [1.165, 1.54) is 23.1 Å². The zero-order valence-electron chi connectivity index (χ0n) is 16.5. The molecule has 0 bridgehead atoms. The van der Waals surface area contributed by atoms with Crippen molar-refractivity contribution in [2.45, 2.75) is 13.0 Å². The summed E-state index contributed by atoms with van der Waals surface area (Å²) in [6.45, 7) is 2.42. The molecule has 1 atom stereocenters. The lowest BCUT2D eigenvalue weighted by Gasteiger charge is -2.39. The van der Waals surface area contributed by atoms with Gasteiger partial charge in [0.1, 0.15) is 23.4 Å². The van der Waals surface area contributed by atoms with E-state index in [1.54, 1.807) is 17.9 Å². The summed E-state index contributed by atoms with van der Waals surface area (Å²) in [7, 11) is 0. The standard InChI is InChI=1S/C24H21FN2O3/c1-17-23(28)27(15-14-26(17)24(29)18-6-5-7-19(25)16-18)20-10-12-22(13-11-20)30-21-8-3-2-4-9-21/h2-13,16-17H,14-15H2,1H3/t17-/m1/s1. The molecule has 3 aromatic rings. The largest absolute Gasteiger partial charge is 0.457 e. The lowest BCUT2D eigenvalue weighted by atomic mass is 10.1. The molecule has 0 aliphatic carbocycles. The van der Waals surface area contributed by atoms with Crippen molar-refractivity contribution < 1.29 is 18.7 Å². The molecule has 2 amide bonds. The second-order valence-corrected chi connectivity index (χ2v) is 7.08. The van der Waals surface area contributed by atoms with Gasteiger partial charge in [-0.25, -0.2) is 4.39 Å². The number of amides is 2. The first kappa shape index (κ1) is 19.6. The van der Waals surface area contributed by atoms with Gasteiger partial charge in [0, 0.05) is 24.3 Å². The Bertz CT molecular complexity index is 1050. The fourth-order valence-corrected chi connectivity index (χ4v) is 3.51. The topological polar surface area (TPSA) is 49.9 Å². The Morgan fingerprint density at radius 1 is 0.933 bits per heavy atom. The van der Waals surface area contributed by atoms with Crippen molar-refractivity contribution in [2.24, 2.45) is 0 Å². The van der Waals surface area contributed by atoms with Crippen molar-refractivity contribution >= 4 is 17.5 Å². The molecule has 1 aliphatic heterocycles. The molecule has 6 heteroatoms. The van der Waals surface area contributed by atoms with Crippen LogP contribution < -0.4 is 9.64 Å². The van der Waals surface area contributed by atoms with Crippen molar-refractivity contribution in [2.75, 3.05) is 18.0 Å². The first-order chi connectivity index (χ1) is 14.5. The summed E-state index contributed by atoms with van der Waals surface area (Å²) in [5, 5.41) is 0. The second-order valence-electron chi connectivity index (χ2n) is 7.08. The van der Waals surface area contributed by atoms with Crippen LogP contribution in [0.15, 0.2) is 78.9 Å². The highest BCUT2D eigenvalue weighted by Crippen LogP contribution is 2.26. The van der Waals surface area contributed by atoms with Crippen LogP contribution in [-0.4, -0.2) is 35.8 Å². The molecule has 1 saturated heterocycles. The maximum Gasteiger partial charge on any atom is 0.254 e. The number of anilines is 1. The van der Waals surface area contributed by atoms with Crippen molar-refractivity contribution in [3.05, 3.63) is 90.2 Å². The molecule has 0 saturated carbocycles. The minimum absolute atomic E-state index is 0.178. The van der Waals surface area contributed by atoms with E-state index in [1.807, 2.05) is 54.6 Å². The minimum Gasteiger partial charge on any atom is -0.457 e. The van der Waals surface area contributed by atoms with Gasteiger partial charge in [-0.1, -0.05) is 24.3 Å². The molecule has 4 rings (SSSR count). The maximum absolute atomic E-state index is 13.5. The fraction of sp³-hybridized carbons (Fsp3) is 0.167. The monoisotopic (exact) mass is 404 g/mol. The van der Waals surface area contributed by atoms with Crippen molar-refractivity contribution in [3.63, 3.8) is 0 Å². The summed E-state index contributed by atoms with van der Waals surface area (Å²) in [6, 6.07) is 21.6. The lowest BCUT2D eigenvalue weighted by Crippen LogP contribution is -2.57. The molecule has 5 nitrogen and oxygen atoms in total. The quantitative estimate of drug-likeness (QED) is 0.644. The number of ether oxygens (including phenoxy) is 1. The highest BCUT2D eigenvalue weighted by Gasteiger charge is 2.35. The molecule has 1 aliphatic rings. The van der Waals surface area contributed by atoms with Gasteiger partial charge in [0.2, 0.25) is 5.91 Å². The third-order valence-corrected chi connectivity index (χ3v) is 5.12. The molecule has 1 fully saturated rings. The average Bonchev–Trinajstić information content (AvgIpc) is 2.77. The normalized spacial score (nSPS) is 16.5. The Hall–Kier alpha value is -3.67. The van der Waals surface area contributed by atoms with E-state index < -0.39 is 11.9 Å². The van der Waals surface area contributed by atoms with Crippen LogP contribution in [0.25, 0.3) is 0 Å². The molecule has 1 heterocycles. The van der Waals surface area contributed by atoms with Gasteiger partial charge >= 0.3 is 0 Å². The van der Waals surface area contributed by atoms with E-state index in [-0.39, 0.29) is 17.4 Å². The summed E-state index contributed by atoms with van der Waals surface area (Å²) >= 11 is 0. The summed E-state index contributed by atoms with van der Waals surface area (Å²) in [5.74, 6) is 0.408. The van der Waals surface area contributed by atoms with Crippen molar-refractivity contribution in [1.82, 2.24) is 4.90 Å². The number of hydrogen-bond donors (Lipinski definition) is 0. The van der Waals surface area contributed by atoms with E-state index in [2.05, 4.69) is 0 Å². The molecular formula is C24H21FN2O3. The van der Waals surface area contributed by atoms with Crippen LogP contribution in [-0.2, 0) is 4.79 Å². The van der Waals surface area contributed by atoms with Crippen molar-refractivity contribution in [3.8, 4) is 11.5 Å². The van der Waals surface area contributed by atoms with Gasteiger partial charge in [0.25, 0.3) is 5.91 Å². The Balaban J connectivity index is 1.45. The number of rotatable bonds is 4. The average molecular weight is 404 g/mol. The molecule has 0 radical (unpaired) electrons. The number of hydrogen-bond acceptors (Lipinski definition) is 3. The fourth-order valence-electron chi connectivity index (χ4n) is 3.51. The predicted octanol–water partition coefficient (Wildman–Crippen LogP) is 4.50. The third kappa shape index (κ3) is 4.03. The maximum atomic E-state index is 13.5. The van der Waals surface area contributed by atoms with E-state index >= 15 is 0 Å². The summed E-state index contributed by atoms with van der Waals surface area (Å²) in [6.07, 6.45) is 0. The second kappa shape index (κ2) is 8.37. The lowest BCUT2D eigenvalue weighted by molar-refractivity contribution is -0.124. The minimum atomic E-state index is -0.644. The van der Waals surface area contributed by atoms with Crippen LogP contribution in [0, 0.1) is 5.82 Å². The number of halogens is 1. The van der Waals surface area contributed by atoms with Gasteiger partial charge in [-0.3, -0.25) is 9.59 Å². The summed E-state index contributed by atoms with van der Waals surface area (Å²) in [5.41, 5.74) is 0.982. The zero-order valence-corrected chi connectivity index (χ0v) is 16.5. The van der Waals surface area contributed by atoms with E-state index in [0.717, 1.165) is 11.4 Å². The Kier molecular flexibility index (Phi) is 5.48. The molecule has 30 heavy (non-hydrogen) atoms. The van der Waals surface area contributed by atoms with Gasteiger partial charge in [-0.15, -0.1) is 0 Å². The van der Waals surface area contributed by atoms with E-state index in [0.29, 0.717) is 18.8 Å². The van der Waals surface area contributed by atoms with Gasteiger partial charge < -0.3 is 14.5 Å². The molecule has 0 spiro atoms. The van der Waals surface area contributed by atoms with Gasteiger partial charge in [0.15, 0.2) is 0 Å². The number of carbonyl (C=O) groups excluding carboxylic acids is 2. The molecular weight excluding hydrogens is 383 g/mol. The van der Waals surface area contributed by atoms with Crippen LogP contribution >= 0.6 is 0 Å². The number of nitrogens with zero attached hydrogens (tertiary/aromatic N) is 2. The van der Waals surface area contributed by atoms with Crippen LogP contribution in [0.2, 0.25) is 0 Å². The molecule has 0 N–H and O–H groups in total. The van der Waals surface area contributed by atoms with E-state index in [9.17, 15) is 14.0 Å². The zero-order chi connectivity index (χ0) is 21.1. The number of carbonyl (C=O) groups is 2. The molecule has 152 valence electrons.